The summed E-state index contributed by atoms with van der Waals surface area (Å²) in [5, 5.41) is 18.2. The molecule has 254 valence electrons. The van der Waals surface area contributed by atoms with Gasteiger partial charge in [0, 0.05) is 4.90 Å². The van der Waals surface area contributed by atoms with E-state index in [-0.39, 0.29) is 37.7 Å². The second-order valence-corrected chi connectivity index (χ2v) is 11.3. The fourth-order valence-electron chi connectivity index (χ4n) is 3.42. The summed E-state index contributed by atoms with van der Waals surface area (Å²) >= 11 is 18.7. The Morgan fingerprint density at radius 1 is 0.854 bits per heavy atom. The van der Waals surface area contributed by atoms with Crippen LogP contribution in [0, 0.1) is 0 Å². The molecule has 0 aliphatic carbocycles. The molecule has 1 atom stereocenters. The third-order valence-corrected chi connectivity index (χ3v) is 7.61. The Morgan fingerprint density at radius 2 is 1.50 bits per heavy atom. The lowest BCUT2D eigenvalue weighted by Crippen LogP contribution is -2.23. The van der Waals surface area contributed by atoms with Crippen LogP contribution < -0.4 is 14.2 Å². The average molecular weight is 750 g/mol. The van der Waals surface area contributed by atoms with Crippen molar-refractivity contribution >= 4 is 64.5 Å². The number of alkyl halides is 3. The van der Waals surface area contributed by atoms with Crippen LogP contribution in [-0.2, 0) is 15.7 Å². The second-order valence-electron chi connectivity index (χ2n) is 9.03. The summed E-state index contributed by atoms with van der Waals surface area (Å²) < 4.78 is 58.2. The van der Waals surface area contributed by atoms with Gasteiger partial charge in [0.1, 0.15) is 11.5 Å². The van der Waals surface area contributed by atoms with E-state index in [1.165, 1.54) is 38.5 Å². The van der Waals surface area contributed by atoms with Gasteiger partial charge in [0.25, 0.3) is 0 Å². The highest BCUT2D eigenvalue weighted by molar-refractivity contribution is 7.99. The highest BCUT2D eigenvalue weighted by atomic mass is 35.5. The van der Waals surface area contributed by atoms with Gasteiger partial charge in [-0.15, -0.1) is 0 Å². The first kappa shape index (κ1) is 38.0. The van der Waals surface area contributed by atoms with Crippen LogP contribution in [0.5, 0.6) is 23.3 Å². The number of aromatic nitrogens is 2. The van der Waals surface area contributed by atoms with Gasteiger partial charge in [0.05, 0.1) is 52.0 Å². The Labute approximate surface area is 289 Å². The first-order valence-corrected chi connectivity index (χ1v) is 14.9. The number of carboxylic acid groups (broad SMARTS) is 2. The summed E-state index contributed by atoms with van der Waals surface area (Å²) in [4.78, 5) is 42.8. The number of halogens is 6. The minimum Gasteiger partial charge on any atom is -0.481 e. The molecule has 3 aromatic carbocycles. The number of ether oxygens (including phenoxy) is 4. The van der Waals surface area contributed by atoms with Crippen LogP contribution in [0.3, 0.4) is 0 Å². The van der Waals surface area contributed by atoms with Gasteiger partial charge >= 0.3 is 24.1 Å². The second kappa shape index (κ2) is 16.6. The molecule has 1 aromatic heterocycles. The molecule has 0 spiro atoms. The summed E-state index contributed by atoms with van der Waals surface area (Å²) in [6.45, 7) is 1.16. The molecule has 0 bridgehead atoms. The van der Waals surface area contributed by atoms with Gasteiger partial charge in [0.15, 0.2) is 11.3 Å². The Morgan fingerprint density at radius 3 is 2.04 bits per heavy atom. The van der Waals surface area contributed by atoms with Crippen LogP contribution in [0.2, 0.25) is 15.1 Å². The Bertz CT molecular complexity index is 1810. The lowest BCUT2D eigenvalue weighted by atomic mass is 10.2. The Hall–Kier alpha value is -4.44. The van der Waals surface area contributed by atoms with E-state index in [4.69, 9.17) is 58.9 Å². The molecule has 0 aliphatic heterocycles. The maximum Gasteiger partial charge on any atom is 0.416 e. The van der Waals surface area contributed by atoms with E-state index < -0.39 is 35.8 Å². The molecule has 0 amide bonds. The van der Waals surface area contributed by atoms with Gasteiger partial charge in [-0.25, -0.2) is 14.4 Å². The number of aliphatic carboxylic acids is 1. The number of nitrogens with zero attached hydrogens (tertiary/aromatic N) is 2. The maximum atomic E-state index is 12.7. The van der Waals surface area contributed by atoms with E-state index in [9.17, 15) is 32.7 Å². The van der Waals surface area contributed by atoms with Crippen molar-refractivity contribution in [3.63, 3.8) is 0 Å². The zero-order valence-corrected chi connectivity index (χ0v) is 27.8. The van der Waals surface area contributed by atoms with E-state index in [1.807, 2.05) is 0 Å². The van der Waals surface area contributed by atoms with Crippen molar-refractivity contribution in [3.05, 3.63) is 92.4 Å². The number of carboxylic acids is 2. The van der Waals surface area contributed by atoms with E-state index in [1.54, 1.807) is 12.1 Å². The number of methoxy groups -OCH3 is 2. The quantitative estimate of drug-likeness (QED) is 0.118. The van der Waals surface area contributed by atoms with Crippen molar-refractivity contribution < 1.29 is 56.7 Å². The predicted molar refractivity (Wildman–Crippen MR) is 168 cm³/mol. The number of carbonyl (C=O) groups is 3. The van der Waals surface area contributed by atoms with Crippen LogP contribution in [0.25, 0.3) is 0 Å². The molecule has 18 heteroatoms. The average Bonchev–Trinajstić information content (AvgIpc) is 3.02. The van der Waals surface area contributed by atoms with Crippen molar-refractivity contribution in [2.24, 2.45) is 0 Å². The van der Waals surface area contributed by atoms with Crippen molar-refractivity contribution in [2.75, 3.05) is 14.2 Å². The normalized spacial score (nSPS) is 11.4. The molecular weight excluding hydrogens is 728 g/mol. The number of aromatic carboxylic acids is 1. The summed E-state index contributed by atoms with van der Waals surface area (Å²) in [5.41, 5.74) is -1.11. The standard InChI is InChI=1S/C17H11Cl2F3O5.C13H11ClN2O4S/c1-8(15(23)24)26-16(25)11-7-10(3-4-12(11)18)27-14-5-2-9(6-13(14)19)17(20,21)22;1-19-9-6-10(20-2)16-13(15-9)21-8-5-3-4-7(14)11(8)12(17)18/h2-8H,1H3,(H,23,24);3-6H,1-2H3,(H,17,18)/t8-;/m0./s1. The van der Waals surface area contributed by atoms with Gasteiger partial charge in [0.2, 0.25) is 11.8 Å². The van der Waals surface area contributed by atoms with Crippen LogP contribution in [0.15, 0.2) is 70.7 Å². The van der Waals surface area contributed by atoms with Gasteiger partial charge in [-0.1, -0.05) is 40.9 Å². The molecule has 48 heavy (non-hydrogen) atoms. The highest BCUT2D eigenvalue weighted by Gasteiger charge is 2.31. The highest BCUT2D eigenvalue weighted by Crippen LogP contribution is 2.37. The van der Waals surface area contributed by atoms with E-state index in [0.29, 0.717) is 27.9 Å². The van der Waals surface area contributed by atoms with Crippen LogP contribution in [0.1, 0.15) is 33.2 Å². The molecular formula is C30H22Cl3F3N2O9S. The molecule has 0 unspecified atom stereocenters. The summed E-state index contributed by atoms with van der Waals surface area (Å²) in [7, 11) is 2.94. The minimum absolute atomic E-state index is 0.00885. The first-order chi connectivity index (χ1) is 22.5. The Kier molecular flexibility index (Phi) is 13.1. The van der Waals surface area contributed by atoms with E-state index in [0.717, 1.165) is 36.9 Å². The first-order valence-electron chi connectivity index (χ1n) is 13.0. The third kappa shape index (κ3) is 10.3. The largest absolute Gasteiger partial charge is 0.481 e. The number of hydrogen-bond acceptors (Lipinski definition) is 10. The molecule has 2 N–H and O–H groups in total. The van der Waals surface area contributed by atoms with Crippen molar-refractivity contribution in [2.45, 2.75) is 29.3 Å². The number of hydrogen-bond donors (Lipinski definition) is 2. The van der Waals surface area contributed by atoms with Gasteiger partial charge in [-0.2, -0.15) is 23.1 Å². The molecule has 0 saturated heterocycles. The van der Waals surface area contributed by atoms with E-state index in [2.05, 4.69) is 9.97 Å². The summed E-state index contributed by atoms with van der Waals surface area (Å²) in [6, 6.07) is 12.7. The monoisotopic (exact) mass is 748 g/mol. The zero-order chi connectivity index (χ0) is 35.8. The lowest BCUT2D eigenvalue weighted by molar-refractivity contribution is -0.146. The fourth-order valence-corrected chi connectivity index (χ4v) is 5.06. The smallest absolute Gasteiger partial charge is 0.416 e. The molecule has 0 radical (unpaired) electrons. The SMILES string of the molecule is COc1cc(OC)nc(Sc2cccc(Cl)c2C(=O)O)n1.C[C@H](OC(=O)c1cc(Oc2ccc(C(F)(F)F)cc2Cl)ccc1Cl)C(=O)O. The number of rotatable bonds is 10. The molecule has 0 aliphatic rings. The van der Waals surface area contributed by atoms with Gasteiger partial charge in [-0.05, 0) is 67.2 Å². The molecule has 4 aromatic rings. The van der Waals surface area contributed by atoms with Crippen molar-refractivity contribution in [1.82, 2.24) is 9.97 Å². The third-order valence-electron chi connectivity index (χ3n) is 5.74. The van der Waals surface area contributed by atoms with Crippen molar-refractivity contribution in [1.29, 1.82) is 0 Å². The topological polar surface area (TPSA) is 154 Å². The molecule has 1 heterocycles. The molecule has 4 rings (SSSR count). The zero-order valence-electron chi connectivity index (χ0n) is 24.7. The van der Waals surface area contributed by atoms with Crippen LogP contribution >= 0.6 is 46.6 Å². The maximum absolute atomic E-state index is 12.7. The molecule has 11 nitrogen and oxygen atoms in total. The van der Waals surface area contributed by atoms with Gasteiger partial charge < -0.3 is 29.2 Å². The van der Waals surface area contributed by atoms with Crippen molar-refractivity contribution in [3.8, 4) is 23.3 Å². The Balaban J connectivity index is 0.000000269. The summed E-state index contributed by atoms with van der Waals surface area (Å²) in [5.74, 6) is -2.85. The minimum atomic E-state index is -4.56. The van der Waals surface area contributed by atoms with Crippen LogP contribution in [0.4, 0.5) is 13.2 Å². The number of carbonyl (C=O) groups excluding carboxylic acids is 1. The van der Waals surface area contributed by atoms with Gasteiger partial charge in [-0.3, -0.25) is 0 Å². The molecule has 0 fully saturated rings. The predicted octanol–water partition coefficient (Wildman–Crippen LogP) is 8.43. The fraction of sp³-hybridized carbons (Fsp3) is 0.167. The summed E-state index contributed by atoms with van der Waals surface area (Å²) in [6.07, 6.45) is -5.96. The number of benzene rings is 3. The number of esters is 1. The van der Waals surface area contributed by atoms with E-state index >= 15 is 0 Å². The molecule has 0 saturated carbocycles. The van der Waals surface area contributed by atoms with Crippen LogP contribution in [-0.4, -0.2) is 58.4 Å². The lowest BCUT2D eigenvalue weighted by Gasteiger charge is -2.13.